The van der Waals surface area contributed by atoms with Crippen molar-refractivity contribution < 1.29 is 9.47 Å². The largest absolute Gasteiger partial charge is 0.494 e. The Balaban J connectivity index is 1.79. The minimum atomic E-state index is 0.148. The normalized spacial score (nSPS) is 23.3. The molecule has 26 heavy (non-hydrogen) atoms. The fraction of sp³-hybridized carbons (Fsp3) is 0.391. The lowest BCUT2D eigenvalue weighted by Crippen LogP contribution is -2.30. The third-order valence-corrected chi connectivity index (χ3v) is 5.28. The first-order valence-electron chi connectivity index (χ1n) is 9.63. The smallest absolute Gasteiger partial charge is 0.143 e. The lowest BCUT2D eigenvalue weighted by molar-refractivity contribution is 0.242. The van der Waals surface area contributed by atoms with Gasteiger partial charge in [-0.25, -0.2) is 0 Å². The summed E-state index contributed by atoms with van der Waals surface area (Å²) in [6.45, 7) is 6.86. The van der Waals surface area contributed by atoms with Crippen LogP contribution in [-0.2, 0) is 0 Å². The van der Waals surface area contributed by atoms with Crippen LogP contribution in [0.2, 0.25) is 0 Å². The summed E-state index contributed by atoms with van der Waals surface area (Å²) in [6, 6.07) is 15.0. The third-order valence-electron chi connectivity index (χ3n) is 5.28. The summed E-state index contributed by atoms with van der Waals surface area (Å²) in [7, 11) is 0. The molecular formula is C23H27NO2. The molecule has 0 aromatic heterocycles. The number of allylic oxidation sites excluding steroid dienone is 2. The molecule has 3 atom stereocenters. The highest BCUT2D eigenvalue weighted by atomic mass is 16.5. The van der Waals surface area contributed by atoms with Gasteiger partial charge in [0, 0.05) is 11.5 Å². The average molecular weight is 349 g/mol. The van der Waals surface area contributed by atoms with Crippen molar-refractivity contribution in [2.75, 3.05) is 11.9 Å². The van der Waals surface area contributed by atoms with Crippen LogP contribution in [0.1, 0.15) is 50.3 Å². The van der Waals surface area contributed by atoms with Crippen LogP contribution in [0, 0.1) is 5.92 Å². The number of anilines is 1. The van der Waals surface area contributed by atoms with Gasteiger partial charge in [-0.05, 0) is 50.8 Å². The van der Waals surface area contributed by atoms with Gasteiger partial charge in [0.1, 0.15) is 11.5 Å². The van der Waals surface area contributed by atoms with Crippen LogP contribution in [0.4, 0.5) is 5.69 Å². The van der Waals surface area contributed by atoms with Crippen LogP contribution in [-0.4, -0.2) is 12.7 Å². The van der Waals surface area contributed by atoms with Crippen molar-refractivity contribution in [1.82, 2.24) is 0 Å². The number of hydrogen-bond acceptors (Lipinski definition) is 3. The maximum atomic E-state index is 6.11. The third kappa shape index (κ3) is 2.96. The zero-order chi connectivity index (χ0) is 18.1. The van der Waals surface area contributed by atoms with E-state index in [1.54, 1.807) is 0 Å². The molecule has 1 heterocycles. The van der Waals surface area contributed by atoms with Crippen LogP contribution >= 0.6 is 0 Å². The molecule has 0 radical (unpaired) electrons. The van der Waals surface area contributed by atoms with Gasteiger partial charge in [0.2, 0.25) is 0 Å². The van der Waals surface area contributed by atoms with E-state index in [2.05, 4.69) is 67.7 Å². The molecule has 2 aromatic carbocycles. The van der Waals surface area contributed by atoms with Crippen molar-refractivity contribution in [3.05, 3.63) is 65.7 Å². The second-order valence-corrected chi connectivity index (χ2v) is 7.33. The van der Waals surface area contributed by atoms with Gasteiger partial charge in [-0.2, -0.15) is 0 Å². The van der Waals surface area contributed by atoms with E-state index in [4.69, 9.17) is 9.47 Å². The van der Waals surface area contributed by atoms with E-state index in [-0.39, 0.29) is 12.1 Å². The van der Waals surface area contributed by atoms with E-state index >= 15 is 0 Å². The van der Waals surface area contributed by atoms with Crippen LogP contribution in [0.25, 0.3) is 0 Å². The summed E-state index contributed by atoms with van der Waals surface area (Å²) in [4.78, 5) is 0. The molecule has 1 N–H and O–H groups in total. The van der Waals surface area contributed by atoms with E-state index in [1.807, 2.05) is 13.0 Å². The molecule has 1 aliphatic heterocycles. The first-order chi connectivity index (χ1) is 12.7. The molecule has 2 aromatic rings. The van der Waals surface area contributed by atoms with Gasteiger partial charge in [0.15, 0.2) is 0 Å². The van der Waals surface area contributed by atoms with Crippen molar-refractivity contribution in [3.8, 4) is 11.5 Å². The number of ether oxygens (including phenoxy) is 2. The Morgan fingerprint density at radius 1 is 1.04 bits per heavy atom. The summed E-state index contributed by atoms with van der Waals surface area (Å²) in [6.07, 6.45) is 5.91. The Labute approximate surface area is 156 Å². The fourth-order valence-electron chi connectivity index (χ4n) is 4.28. The summed E-state index contributed by atoms with van der Waals surface area (Å²) >= 11 is 0. The van der Waals surface area contributed by atoms with Gasteiger partial charge in [-0.1, -0.05) is 42.5 Å². The highest BCUT2D eigenvalue weighted by Crippen LogP contribution is 2.53. The minimum Gasteiger partial charge on any atom is -0.494 e. The van der Waals surface area contributed by atoms with E-state index in [0.717, 1.165) is 23.6 Å². The van der Waals surface area contributed by atoms with Crippen LogP contribution in [0.15, 0.2) is 54.6 Å². The molecule has 4 rings (SSSR count). The monoisotopic (exact) mass is 349 g/mol. The van der Waals surface area contributed by atoms with Gasteiger partial charge < -0.3 is 14.8 Å². The van der Waals surface area contributed by atoms with Crippen LogP contribution < -0.4 is 14.8 Å². The predicted molar refractivity (Wildman–Crippen MR) is 106 cm³/mol. The van der Waals surface area contributed by atoms with Gasteiger partial charge in [-0.15, -0.1) is 0 Å². The molecule has 0 amide bonds. The molecular weight excluding hydrogens is 322 g/mol. The first kappa shape index (κ1) is 17.0. The number of rotatable bonds is 5. The number of hydrogen-bond donors (Lipinski definition) is 1. The molecule has 3 heteroatoms. The standard InChI is InChI=1S/C23H27NO2/c1-4-25-20-13-6-5-9-19(20)22-17-11-7-10-16(17)18-12-8-14-21(23(18)24-22)26-15(2)3/h5-10,12-17,22,24H,4,11H2,1-3H3. The van der Waals surface area contributed by atoms with Crippen LogP contribution in [0.5, 0.6) is 11.5 Å². The SMILES string of the molecule is CCOc1ccccc1C1Nc2c(OC(C)C)cccc2C2C=CCC21. The number of fused-ring (bicyclic) bond motifs is 3. The summed E-state index contributed by atoms with van der Waals surface area (Å²) in [5.74, 6) is 2.83. The number of para-hydroxylation sites is 2. The second kappa shape index (κ2) is 7.06. The van der Waals surface area contributed by atoms with E-state index in [0.29, 0.717) is 18.4 Å². The van der Waals surface area contributed by atoms with Gasteiger partial charge in [-0.3, -0.25) is 0 Å². The first-order valence-corrected chi connectivity index (χ1v) is 9.63. The Morgan fingerprint density at radius 2 is 1.81 bits per heavy atom. The Bertz CT molecular complexity index is 812. The topological polar surface area (TPSA) is 30.5 Å². The van der Waals surface area contributed by atoms with Gasteiger partial charge >= 0.3 is 0 Å². The van der Waals surface area contributed by atoms with Crippen molar-refractivity contribution in [2.24, 2.45) is 5.92 Å². The van der Waals surface area contributed by atoms with E-state index in [9.17, 15) is 0 Å². The second-order valence-electron chi connectivity index (χ2n) is 7.33. The highest BCUT2D eigenvalue weighted by molar-refractivity contribution is 5.68. The Hall–Kier alpha value is -2.42. The summed E-state index contributed by atoms with van der Waals surface area (Å²) in [5, 5.41) is 3.81. The number of benzene rings is 2. The molecule has 0 bridgehead atoms. The molecule has 2 aliphatic rings. The van der Waals surface area contributed by atoms with Crippen molar-refractivity contribution in [3.63, 3.8) is 0 Å². The molecule has 136 valence electrons. The van der Waals surface area contributed by atoms with E-state index < -0.39 is 0 Å². The predicted octanol–water partition coefficient (Wildman–Crippen LogP) is 5.70. The molecule has 3 unspecified atom stereocenters. The maximum absolute atomic E-state index is 6.11. The molecule has 0 spiro atoms. The molecule has 1 aliphatic carbocycles. The highest BCUT2D eigenvalue weighted by Gasteiger charge is 2.40. The summed E-state index contributed by atoms with van der Waals surface area (Å²) in [5.41, 5.74) is 3.70. The molecule has 0 fully saturated rings. The van der Waals surface area contributed by atoms with E-state index in [1.165, 1.54) is 11.1 Å². The zero-order valence-corrected chi connectivity index (χ0v) is 15.7. The maximum Gasteiger partial charge on any atom is 0.143 e. The van der Waals surface area contributed by atoms with Gasteiger partial charge in [0.25, 0.3) is 0 Å². The fourth-order valence-corrected chi connectivity index (χ4v) is 4.28. The summed E-state index contributed by atoms with van der Waals surface area (Å²) < 4.78 is 12.0. The molecule has 0 saturated carbocycles. The van der Waals surface area contributed by atoms with Gasteiger partial charge in [0.05, 0.1) is 24.4 Å². The Kier molecular flexibility index (Phi) is 4.62. The quantitative estimate of drug-likeness (QED) is 0.703. The van der Waals surface area contributed by atoms with Crippen molar-refractivity contribution in [1.29, 1.82) is 0 Å². The zero-order valence-electron chi connectivity index (χ0n) is 15.7. The lowest BCUT2D eigenvalue weighted by atomic mass is 9.76. The van der Waals surface area contributed by atoms with Crippen LogP contribution in [0.3, 0.4) is 0 Å². The molecule has 3 nitrogen and oxygen atoms in total. The van der Waals surface area contributed by atoms with Crippen molar-refractivity contribution in [2.45, 2.75) is 45.3 Å². The Morgan fingerprint density at radius 3 is 2.62 bits per heavy atom. The molecule has 0 saturated heterocycles. The van der Waals surface area contributed by atoms with Crippen molar-refractivity contribution >= 4 is 5.69 Å². The number of nitrogens with one attached hydrogen (secondary N) is 1. The minimum absolute atomic E-state index is 0.148. The average Bonchev–Trinajstić information content (AvgIpc) is 3.12. The lowest BCUT2D eigenvalue weighted by Gasteiger charge is -2.38.